The lowest BCUT2D eigenvalue weighted by atomic mass is 9.80. The van der Waals surface area contributed by atoms with E-state index in [9.17, 15) is 0 Å². The molecule has 1 heteroatoms. The van der Waals surface area contributed by atoms with Crippen LogP contribution in [0.5, 0.6) is 5.75 Å². The van der Waals surface area contributed by atoms with E-state index in [0.717, 1.165) is 5.75 Å². The molecule has 1 nitrogen and oxygen atoms in total. The lowest BCUT2D eigenvalue weighted by molar-refractivity contribution is 0.304. The van der Waals surface area contributed by atoms with E-state index in [4.69, 9.17) is 4.74 Å². The predicted molar refractivity (Wildman–Crippen MR) is 97.8 cm³/mol. The van der Waals surface area contributed by atoms with Crippen LogP contribution in [0, 0.1) is 6.07 Å². The van der Waals surface area contributed by atoms with Crippen molar-refractivity contribution < 1.29 is 4.74 Å². The van der Waals surface area contributed by atoms with Crippen LogP contribution in [0.25, 0.3) is 0 Å². The van der Waals surface area contributed by atoms with E-state index in [1.807, 2.05) is 24.3 Å². The number of unbranched alkanes of at least 4 members (excludes halogenated alkanes) is 3. The summed E-state index contributed by atoms with van der Waals surface area (Å²) in [6, 6.07) is 20.0. The summed E-state index contributed by atoms with van der Waals surface area (Å²) in [5.41, 5.74) is 2.59. The molecule has 0 fully saturated rings. The first-order valence-corrected chi connectivity index (χ1v) is 8.81. The summed E-state index contributed by atoms with van der Waals surface area (Å²) < 4.78 is 5.92. The molecule has 0 saturated heterocycles. The molecule has 0 saturated carbocycles. The molecule has 0 heterocycles. The van der Waals surface area contributed by atoms with Gasteiger partial charge in [-0.05, 0) is 29.0 Å². The number of hydrogen-bond acceptors (Lipinski definition) is 1. The Balaban J connectivity index is 1.95. The Morgan fingerprint density at radius 2 is 1.70 bits per heavy atom. The predicted octanol–water partition coefficient (Wildman–Crippen LogP) is 6.31. The van der Waals surface area contributed by atoms with Gasteiger partial charge in [-0.25, -0.2) is 0 Å². The summed E-state index contributed by atoms with van der Waals surface area (Å²) in [6.07, 6.45) is 6.43. The van der Waals surface area contributed by atoms with Crippen molar-refractivity contribution in [2.24, 2.45) is 0 Å². The van der Waals surface area contributed by atoms with Crippen molar-refractivity contribution in [1.82, 2.24) is 0 Å². The lowest BCUT2D eigenvalue weighted by Crippen LogP contribution is -2.17. The SMILES string of the molecule is CCCCCCC(C)(C)c1[c]c(OCc2ccccc2)ccc1. The van der Waals surface area contributed by atoms with Crippen LogP contribution >= 0.6 is 0 Å². The van der Waals surface area contributed by atoms with Gasteiger partial charge in [-0.3, -0.25) is 0 Å². The molecule has 0 aliphatic carbocycles. The van der Waals surface area contributed by atoms with Crippen molar-refractivity contribution >= 4 is 0 Å². The fourth-order valence-corrected chi connectivity index (χ4v) is 2.79. The smallest absolute Gasteiger partial charge is 0.128 e. The normalized spacial score (nSPS) is 11.4. The first kappa shape index (κ1) is 17.6. The van der Waals surface area contributed by atoms with Crippen LogP contribution < -0.4 is 4.74 Å². The Kier molecular flexibility index (Phi) is 6.70. The topological polar surface area (TPSA) is 9.23 Å². The zero-order chi connectivity index (χ0) is 16.5. The second-order valence-corrected chi connectivity index (χ2v) is 6.90. The van der Waals surface area contributed by atoms with Gasteiger partial charge < -0.3 is 4.74 Å². The molecule has 0 aliphatic heterocycles. The third kappa shape index (κ3) is 5.74. The maximum atomic E-state index is 5.92. The van der Waals surface area contributed by atoms with E-state index in [1.54, 1.807) is 0 Å². The Bertz CT molecular complexity index is 572. The highest BCUT2D eigenvalue weighted by atomic mass is 16.5. The molecule has 0 bridgehead atoms. The largest absolute Gasteiger partial charge is 0.488 e. The maximum absolute atomic E-state index is 5.92. The molecular formula is C22H29O. The van der Waals surface area contributed by atoms with Crippen molar-refractivity contribution in [1.29, 1.82) is 0 Å². The third-order valence-corrected chi connectivity index (χ3v) is 4.39. The summed E-state index contributed by atoms with van der Waals surface area (Å²) in [6.45, 7) is 7.47. The standard InChI is InChI=1S/C22H29O/c1-4-5-6-10-16-22(2,3)20-14-11-15-21(17-20)23-18-19-12-8-7-9-13-19/h7-9,11-15H,4-6,10,16,18H2,1-3H3. The van der Waals surface area contributed by atoms with E-state index in [2.05, 4.69) is 51.1 Å². The molecule has 0 unspecified atom stereocenters. The van der Waals surface area contributed by atoms with E-state index < -0.39 is 0 Å². The Hall–Kier alpha value is -1.76. The molecule has 0 N–H and O–H groups in total. The van der Waals surface area contributed by atoms with Crippen molar-refractivity contribution in [3.05, 3.63) is 65.7 Å². The summed E-state index contributed by atoms with van der Waals surface area (Å²) in [4.78, 5) is 0. The number of benzene rings is 2. The zero-order valence-electron chi connectivity index (χ0n) is 14.8. The quantitative estimate of drug-likeness (QED) is 0.493. The van der Waals surface area contributed by atoms with Gasteiger partial charge in [0.25, 0.3) is 0 Å². The van der Waals surface area contributed by atoms with Gasteiger partial charge in [-0.2, -0.15) is 0 Å². The van der Waals surface area contributed by atoms with Crippen molar-refractivity contribution in [2.75, 3.05) is 0 Å². The summed E-state index contributed by atoms with van der Waals surface area (Å²) in [7, 11) is 0. The Morgan fingerprint density at radius 1 is 0.913 bits per heavy atom. The van der Waals surface area contributed by atoms with Gasteiger partial charge in [0, 0.05) is 6.07 Å². The van der Waals surface area contributed by atoms with Gasteiger partial charge in [-0.1, -0.05) is 88.9 Å². The molecule has 23 heavy (non-hydrogen) atoms. The minimum atomic E-state index is 0.153. The van der Waals surface area contributed by atoms with Crippen LogP contribution in [0.1, 0.15) is 64.0 Å². The van der Waals surface area contributed by atoms with Crippen LogP contribution in [-0.4, -0.2) is 0 Å². The van der Waals surface area contributed by atoms with Crippen molar-refractivity contribution in [3.8, 4) is 5.75 Å². The van der Waals surface area contributed by atoms with Crippen LogP contribution in [0.4, 0.5) is 0 Å². The zero-order valence-corrected chi connectivity index (χ0v) is 14.8. The van der Waals surface area contributed by atoms with Crippen LogP contribution in [0.15, 0.2) is 48.5 Å². The van der Waals surface area contributed by atoms with Gasteiger partial charge in [0.05, 0.1) is 0 Å². The molecule has 2 aromatic rings. The first-order valence-electron chi connectivity index (χ1n) is 8.81. The van der Waals surface area contributed by atoms with E-state index in [-0.39, 0.29) is 5.41 Å². The third-order valence-electron chi connectivity index (χ3n) is 4.39. The number of ether oxygens (including phenoxy) is 1. The van der Waals surface area contributed by atoms with Gasteiger partial charge >= 0.3 is 0 Å². The minimum absolute atomic E-state index is 0.153. The van der Waals surface area contributed by atoms with Crippen molar-refractivity contribution in [3.63, 3.8) is 0 Å². The molecule has 0 aromatic heterocycles. The highest BCUT2D eigenvalue weighted by molar-refractivity contribution is 5.31. The molecule has 0 amide bonds. The fraction of sp³-hybridized carbons (Fsp3) is 0.455. The lowest BCUT2D eigenvalue weighted by Gasteiger charge is -2.25. The van der Waals surface area contributed by atoms with Gasteiger partial charge in [0.15, 0.2) is 0 Å². The molecule has 0 spiro atoms. The average molecular weight is 309 g/mol. The Labute approximate surface area is 141 Å². The van der Waals surface area contributed by atoms with E-state index in [1.165, 1.54) is 43.2 Å². The second kappa shape index (κ2) is 8.76. The molecule has 123 valence electrons. The Morgan fingerprint density at radius 3 is 2.43 bits per heavy atom. The summed E-state index contributed by atoms with van der Waals surface area (Å²) in [5.74, 6) is 0.841. The number of hydrogen-bond donors (Lipinski definition) is 0. The molecule has 2 aromatic carbocycles. The monoisotopic (exact) mass is 309 g/mol. The average Bonchev–Trinajstić information content (AvgIpc) is 2.58. The van der Waals surface area contributed by atoms with E-state index in [0.29, 0.717) is 6.61 Å². The number of rotatable bonds is 9. The second-order valence-electron chi connectivity index (χ2n) is 6.90. The summed E-state index contributed by atoms with van der Waals surface area (Å²) in [5, 5.41) is 0. The first-order chi connectivity index (χ1) is 11.1. The van der Waals surface area contributed by atoms with Gasteiger partial charge in [0.2, 0.25) is 0 Å². The highest BCUT2D eigenvalue weighted by Gasteiger charge is 2.20. The van der Waals surface area contributed by atoms with Crippen LogP contribution in [-0.2, 0) is 12.0 Å². The van der Waals surface area contributed by atoms with E-state index >= 15 is 0 Å². The van der Waals surface area contributed by atoms with Gasteiger partial charge in [0.1, 0.15) is 12.4 Å². The molecular weight excluding hydrogens is 280 g/mol. The van der Waals surface area contributed by atoms with Crippen LogP contribution in [0.2, 0.25) is 0 Å². The minimum Gasteiger partial charge on any atom is -0.488 e. The van der Waals surface area contributed by atoms with Gasteiger partial charge in [-0.15, -0.1) is 0 Å². The fourth-order valence-electron chi connectivity index (χ4n) is 2.79. The van der Waals surface area contributed by atoms with Crippen LogP contribution in [0.3, 0.4) is 0 Å². The maximum Gasteiger partial charge on any atom is 0.128 e. The molecule has 1 radical (unpaired) electrons. The highest BCUT2D eigenvalue weighted by Crippen LogP contribution is 2.31. The molecule has 0 aliphatic rings. The van der Waals surface area contributed by atoms with Crippen molar-refractivity contribution in [2.45, 2.75) is 64.9 Å². The molecule has 0 atom stereocenters. The summed E-state index contributed by atoms with van der Waals surface area (Å²) >= 11 is 0. The molecule has 2 rings (SSSR count).